The Hall–Kier alpha value is -1.04. The van der Waals surface area contributed by atoms with Crippen LogP contribution in [-0.4, -0.2) is 39.0 Å². The molecule has 0 bridgehead atoms. The lowest BCUT2D eigenvalue weighted by Gasteiger charge is -2.06. The van der Waals surface area contributed by atoms with Crippen LogP contribution in [0.1, 0.15) is 5.56 Å². The van der Waals surface area contributed by atoms with Gasteiger partial charge in [0.1, 0.15) is 0 Å². The Balaban J connectivity index is 2.39. The van der Waals surface area contributed by atoms with Gasteiger partial charge in [-0.25, -0.2) is 0 Å². The molecule has 1 aromatic carbocycles. The van der Waals surface area contributed by atoms with Crippen molar-refractivity contribution >= 4 is 17.7 Å². The highest BCUT2D eigenvalue weighted by atomic mass is 32.2. The average molecular weight is 268 g/mol. The molecular weight excluding hydrogens is 248 g/mol. The number of rotatable bonds is 8. The highest BCUT2D eigenvalue weighted by Crippen LogP contribution is 2.18. The molecular formula is C13H20N2O2S. The smallest absolute Gasteiger partial charge is 0.230 e. The van der Waals surface area contributed by atoms with E-state index in [0.29, 0.717) is 12.4 Å². The minimum Gasteiger partial charge on any atom is -0.383 e. The summed E-state index contributed by atoms with van der Waals surface area (Å²) in [5.74, 6) is 0.500. The van der Waals surface area contributed by atoms with E-state index in [4.69, 9.17) is 4.74 Å². The molecule has 18 heavy (non-hydrogen) atoms. The molecule has 0 aliphatic carbocycles. The van der Waals surface area contributed by atoms with Crippen molar-refractivity contribution in [2.45, 2.75) is 11.4 Å². The zero-order chi connectivity index (χ0) is 13.2. The lowest BCUT2D eigenvalue weighted by Crippen LogP contribution is -2.19. The summed E-state index contributed by atoms with van der Waals surface area (Å²) in [6, 6.07) is 8.21. The predicted octanol–water partition coefficient (Wildman–Crippen LogP) is 1.26. The number of benzene rings is 1. The molecule has 1 rings (SSSR count). The Kier molecular flexibility index (Phi) is 7.48. The quantitative estimate of drug-likeness (QED) is 0.550. The maximum Gasteiger partial charge on any atom is 0.230 e. The SMILES string of the molecule is CNC(=O)CSc1cccc(CNCCOC)c1. The molecule has 0 aromatic heterocycles. The number of carbonyl (C=O) groups excluding carboxylic acids is 1. The number of hydrogen-bond donors (Lipinski definition) is 2. The second-order valence-corrected chi connectivity index (χ2v) is 4.83. The molecule has 5 heteroatoms. The molecule has 0 fully saturated rings. The summed E-state index contributed by atoms with van der Waals surface area (Å²) < 4.78 is 4.97. The number of nitrogens with one attached hydrogen (secondary N) is 2. The van der Waals surface area contributed by atoms with E-state index in [9.17, 15) is 4.79 Å². The Labute approximate surface area is 112 Å². The maximum atomic E-state index is 11.2. The lowest BCUT2D eigenvalue weighted by atomic mass is 10.2. The molecule has 0 unspecified atom stereocenters. The van der Waals surface area contributed by atoms with Crippen molar-refractivity contribution in [2.75, 3.05) is 33.1 Å². The summed E-state index contributed by atoms with van der Waals surface area (Å²) in [5, 5.41) is 5.90. The lowest BCUT2D eigenvalue weighted by molar-refractivity contribution is -0.118. The van der Waals surface area contributed by atoms with Crippen molar-refractivity contribution in [3.8, 4) is 0 Å². The molecule has 1 amide bonds. The van der Waals surface area contributed by atoms with Crippen LogP contribution in [0.15, 0.2) is 29.2 Å². The van der Waals surface area contributed by atoms with Crippen LogP contribution < -0.4 is 10.6 Å². The monoisotopic (exact) mass is 268 g/mol. The maximum absolute atomic E-state index is 11.2. The number of ether oxygens (including phenoxy) is 1. The number of amides is 1. The molecule has 0 heterocycles. The van der Waals surface area contributed by atoms with E-state index in [2.05, 4.69) is 22.8 Å². The predicted molar refractivity (Wildman–Crippen MR) is 74.8 cm³/mol. The second kappa shape index (κ2) is 8.97. The fraction of sp³-hybridized carbons (Fsp3) is 0.462. The van der Waals surface area contributed by atoms with Crippen molar-refractivity contribution in [3.05, 3.63) is 29.8 Å². The van der Waals surface area contributed by atoms with Gasteiger partial charge in [0.15, 0.2) is 0 Å². The molecule has 0 saturated carbocycles. The fourth-order valence-electron chi connectivity index (χ4n) is 1.37. The number of methoxy groups -OCH3 is 1. The van der Waals surface area contributed by atoms with Gasteiger partial charge < -0.3 is 15.4 Å². The first kappa shape index (κ1) is 15.0. The second-order valence-electron chi connectivity index (χ2n) is 3.78. The zero-order valence-corrected chi connectivity index (χ0v) is 11.7. The van der Waals surface area contributed by atoms with Crippen LogP contribution >= 0.6 is 11.8 Å². The molecule has 0 atom stereocenters. The molecule has 4 nitrogen and oxygen atoms in total. The van der Waals surface area contributed by atoms with Gasteiger partial charge >= 0.3 is 0 Å². The summed E-state index contributed by atoms with van der Waals surface area (Å²) in [7, 11) is 3.34. The van der Waals surface area contributed by atoms with E-state index >= 15 is 0 Å². The summed E-state index contributed by atoms with van der Waals surface area (Å²) in [6.07, 6.45) is 0. The summed E-state index contributed by atoms with van der Waals surface area (Å²) >= 11 is 1.55. The van der Waals surface area contributed by atoms with E-state index in [1.165, 1.54) is 5.56 Å². The van der Waals surface area contributed by atoms with Crippen molar-refractivity contribution in [1.29, 1.82) is 0 Å². The summed E-state index contributed by atoms with van der Waals surface area (Å²) in [5.41, 5.74) is 1.22. The van der Waals surface area contributed by atoms with E-state index < -0.39 is 0 Å². The van der Waals surface area contributed by atoms with Crippen LogP contribution in [0.25, 0.3) is 0 Å². The van der Waals surface area contributed by atoms with Crippen molar-refractivity contribution in [1.82, 2.24) is 10.6 Å². The van der Waals surface area contributed by atoms with Gasteiger partial charge in [-0.15, -0.1) is 11.8 Å². The fourth-order valence-corrected chi connectivity index (χ4v) is 2.22. The van der Waals surface area contributed by atoms with Crippen LogP contribution in [-0.2, 0) is 16.1 Å². The molecule has 0 aliphatic heterocycles. The van der Waals surface area contributed by atoms with E-state index in [0.717, 1.165) is 18.0 Å². The standard InChI is InChI=1S/C13H20N2O2S/c1-14-13(16)10-18-12-5-3-4-11(8-12)9-15-6-7-17-2/h3-5,8,15H,6-7,9-10H2,1-2H3,(H,14,16). The highest BCUT2D eigenvalue weighted by molar-refractivity contribution is 8.00. The molecule has 100 valence electrons. The normalized spacial score (nSPS) is 10.3. The molecule has 0 radical (unpaired) electrons. The molecule has 1 aromatic rings. The van der Waals surface area contributed by atoms with Gasteiger partial charge in [-0.2, -0.15) is 0 Å². The van der Waals surface area contributed by atoms with Crippen LogP contribution in [0.2, 0.25) is 0 Å². The van der Waals surface area contributed by atoms with E-state index in [1.54, 1.807) is 25.9 Å². The Morgan fingerprint density at radius 3 is 3.00 bits per heavy atom. The number of carbonyl (C=O) groups is 1. The van der Waals surface area contributed by atoms with E-state index in [1.807, 2.05) is 12.1 Å². The van der Waals surface area contributed by atoms with Gasteiger partial charge in [0.05, 0.1) is 12.4 Å². The van der Waals surface area contributed by atoms with Crippen molar-refractivity contribution in [3.63, 3.8) is 0 Å². The largest absolute Gasteiger partial charge is 0.383 e. The molecule has 0 spiro atoms. The summed E-state index contributed by atoms with van der Waals surface area (Å²) in [4.78, 5) is 12.3. The third kappa shape index (κ3) is 6.05. The highest BCUT2D eigenvalue weighted by Gasteiger charge is 2.01. The number of thioether (sulfide) groups is 1. The zero-order valence-electron chi connectivity index (χ0n) is 10.9. The van der Waals surface area contributed by atoms with Gasteiger partial charge in [0.2, 0.25) is 5.91 Å². The first-order chi connectivity index (χ1) is 8.76. The first-order valence-electron chi connectivity index (χ1n) is 5.88. The van der Waals surface area contributed by atoms with E-state index in [-0.39, 0.29) is 5.91 Å². The van der Waals surface area contributed by atoms with Gasteiger partial charge in [-0.1, -0.05) is 12.1 Å². The molecule has 0 saturated heterocycles. The van der Waals surface area contributed by atoms with Crippen molar-refractivity contribution < 1.29 is 9.53 Å². The molecule has 2 N–H and O–H groups in total. The number of hydrogen-bond acceptors (Lipinski definition) is 4. The van der Waals surface area contributed by atoms with Gasteiger partial charge in [0, 0.05) is 32.1 Å². The third-order valence-electron chi connectivity index (χ3n) is 2.36. The topological polar surface area (TPSA) is 50.4 Å². The van der Waals surface area contributed by atoms with Crippen LogP contribution in [0.5, 0.6) is 0 Å². The minimum atomic E-state index is 0.0450. The summed E-state index contributed by atoms with van der Waals surface area (Å²) in [6.45, 7) is 2.37. The van der Waals surface area contributed by atoms with Crippen LogP contribution in [0, 0.1) is 0 Å². The minimum absolute atomic E-state index is 0.0450. The average Bonchev–Trinajstić information content (AvgIpc) is 2.41. The Morgan fingerprint density at radius 1 is 1.44 bits per heavy atom. The van der Waals surface area contributed by atoms with Gasteiger partial charge in [0.25, 0.3) is 0 Å². The molecule has 0 aliphatic rings. The van der Waals surface area contributed by atoms with Crippen LogP contribution in [0.4, 0.5) is 0 Å². The first-order valence-corrected chi connectivity index (χ1v) is 6.87. The van der Waals surface area contributed by atoms with Crippen molar-refractivity contribution in [2.24, 2.45) is 0 Å². The van der Waals surface area contributed by atoms with Gasteiger partial charge in [-0.3, -0.25) is 4.79 Å². The Bertz CT molecular complexity index is 372. The van der Waals surface area contributed by atoms with Crippen LogP contribution in [0.3, 0.4) is 0 Å². The van der Waals surface area contributed by atoms with Gasteiger partial charge in [-0.05, 0) is 17.7 Å². The third-order valence-corrected chi connectivity index (χ3v) is 3.35. The Morgan fingerprint density at radius 2 is 2.28 bits per heavy atom.